The van der Waals surface area contributed by atoms with Gasteiger partial charge in [0, 0.05) is 17.7 Å². The van der Waals surface area contributed by atoms with Crippen molar-refractivity contribution in [3.63, 3.8) is 0 Å². The number of thioether (sulfide) groups is 1. The largest absolute Gasteiger partial charge is 0.481 e. The van der Waals surface area contributed by atoms with E-state index in [4.69, 9.17) is 5.11 Å². The van der Waals surface area contributed by atoms with Gasteiger partial charge >= 0.3 is 5.97 Å². The summed E-state index contributed by atoms with van der Waals surface area (Å²) in [6.07, 6.45) is 3.34. The molecule has 1 amide bonds. The van der Waals surface area contributed by atoms with Crippen molar-refractivity contribution in [2.24, 2.45) is 5.41 Å². The maximum absolute atomic E-state index is 11.9. The summed E-state index contributed by atoms with van der Waals surface area (Å²) in [5.41, 5.74) is -0.990. The smallest absolute Gasteiger partial charge is 0.309 e. The van der Waals surface area contributed by atoms with E-state index < -0.39 is 11.4 Å². The molecule has 5 heteroatoms. The van der Waals surface area contributed by atoms with Crippen molar-refractivity contribution in [1.29, 1.82) is 0 Å². The number of nitrogens with one attached hydrogen (secondary N) is 1. The highest BCUT2D eigenvalue weighted by molar-refractivity contribution is 7.99. The molecule has 0 heterocycles. The maximum Gasteiger partial charge on any atom is 0.309 e. The summed E-state index contributed by atoms with van der Waals surface area (Å²) in [6, 6.07) is 0.215. The zero-order valence-electron chi connectivity index (χ0n) is 11.4. The average Bonchev–Trinajstić information content (AvgIpc) is 2.65. The molecule has 1 aliphatic rings. The zero-order valence-corrected chi connectivity index (χ0v) is 12.2. The van der Waals surface area contributed by atoms with Crippen LogP contribution in [0, 0.1) is 5.41 Å². The number of aliphatic carboxylic acids is 1. The predicted molar refractivity (Wildman–Crippen MR) is 73.7 cm³/mol. The van der Waals surface area contributed by atoms with Gasteiger partial charge in [0.2, 0.25) is 5.91 Å². The monoisotopic (exact) mass is 273 g/mol. The van der Waals surface area contributed by atoms with Crippen LogP contribution in [0.5, 0.6) is 0 Å². The molecule has 1 saturated carbocycles. The number of hydrogen-bond donors (Lipinski definition) is 2. The molecule has 2 unspecified atom stereocenters. The number of rotatable bonds is 6. The van der Waals surface area contributed by atoms with Crippen LogP contribution in [0.15, 0.2) is 0 Å². The SMILES string of the molecule is CCSC1CCCC1NC(=O)CC(C)(C)C(=O)O. The fourth-order valence-corrected chi connectivity index (χ4v) is 3.44. The first kappa shape index (κ1) is 15.3. The first-order valence-corrected chi connectivity index (χ1v) is 7.56. The molecule has 0 aromatic carbocycles. The van der Waals surface area contributed by atoms with E-state index >= 15 is 0 Å². The Balaban J connectivity index is 2.47. The highest BCUT2D eigenvalue weighted by Gasteiger charge is 2.33. The van der Waals surface area contributed by atoms with E-state index in [1.807, 2.05) is 11.8 Å². The van der Waals surface area contributed by atoms with E-state index in [0.717, 1.165) is 25.0 Å². The van der Waals surface area contributed by atoms with E-state index in [-0.39, 0.29) is 18.4 Å². The molecule has 1 fully saturated rings. The van der Waals surface area contributed by atoms with Crippen LogP contribution in [-0.2, 0) is 9.59 Å². The Labute approximate surface area is 113 Å². The quantitative estimate of drug-likeness (QED) is 0.779. The van der Waals surface area contributed by atoms with Crippen LogP contribution in [0.25, 0.3) is 0 Å². The van der Waals surface area contributed by atoms with Crippen LogP contribution < -0.4 is 5.32 Å². The number of carboxylic acid groups (broad SMARTS) is 1. The lowest BCUT2D eigenvalue weighted by atomic mass is 9.89. The lowest BCUT2D eigenvalue weighted by Crippen LogP contribution is -2.41. The van der Waals surface area contributed by atoms with Crippen LogP contribution in [0.3, 0.4) is 0 Å². The standard InChI is InChI=1S/C13H23NO3S/c1-4-18-10-7-5-6-9(10)14-11(15)8-13(2,3)12(16)17/h9-10H,4-8H2,1-3H3,(H,14,15)(H,16,17). The Bertz CT molecular complexity index is 317. The maximum atomic E-state index is 11.9. The highest BCUT2D eigenvalue weighted by Crippen LogP contribution is 2.30. The normalized spacial score (nSPS) is 23.9. The number of carbonyl (C=O) groups is 2. The minimum atomic E-state index is -0.990. The molecule has 0 aromatic heterocycles. The molecular weight excluding hydrogens is 250 g/mol. The molecule has 0 spiro atoms. The molecule has 0 saturated heterocycles. The Hall–Kier alpha value is -0.710. The summed E-state index contributed by atoms with van der Waals surface area (Å²) >= 11 is 1.88. The molecule has 104 valence electrons. The lowest BCUT2D eigenvalue weighted by Gasteiger charge is -2.23. The number of amides is 1. The van der Waals surface area contributed by atoms with E-state index in [1.165, 1.54) is 0 Å². The van der Waals surface area contributed by atoms with E-state index in [2.05, 4.69) is 12.2 Å². The van der Waals surface area contributed by atoms with Gasteiger partial charge in [-0.2, -0.15) is 11.8 Å². The van der Waals surface area contributed by atoms with Crippen LogP contribution >= 0.6 is 11.8 Å². The van der Waals surface area contributed by atoms with Crippen molar-refractivity contribution in [2.45, 2.75) is 57.7 Å². The van der Waals surface area contributed by atoms with Crippen molar-refractivity contribution in [1.82, 2.24) is 5.32 Å². The average molecular weight is 273 g/mol. The molecule has 1 rings (SSSR count). The van der Waals surface area contributed by atoms with E-state index in [1.54, 1.807) is 13.8 Å². The molecule has 2 N–H and O–H groups in total. The summed E-state index contributed by atoms with van der Waals surface area (Å²) in [6.45, 7) is 5.29. The zero-order chi connectivity index (χ0) is 13.8. The van der Waals surface area contributed by atoms with Gasteiger partial charge in [0.1, 0.15) is 0 Å². The van der Waals surface area contributed by atoms with Gasteiger partial charge in [-0.05, 0) is 32.4 Å². The van der Waals surface area contributed by atoms with Gasteiger partial charge in [-0.25, -0.2) is 0 Å². The summed E-state index contributed by atoms with van der Waals surface area (Å²) in [4.78, 5) is 22.9. The number of carboxylic acids is 1. The van der Waals surface area contributed by atoms with Crippen LogP contribution in [-0.4, -0.2) is 34.0 Å². The second-order valence-electron chi connectivity index (χ2n) is 5.46. The molecule has 0 aromatic rings. The molecule has 4 nitrogen and oxygen atoms in total. The number of carbonyl (C=O) groups excluding carboxylic acids is 1. The second-order valence-corrected chi connectivity index (χ2v) is 6.98. The molecule has 0 radical (unpaired) electrons. The molecule has 2 atom stereocenters. The Morgan fingerprint density at radius 3 is 2.61 bits per heavy atom. The van der Waals surface area contributed by atoms with E-state index in [9.17, 15) is 9.59 Å². The summed E-state index contributed by atoms with van der Waals surface area (Å²) < 4.78 is 0. The molecule has 18 heavy (non-hydrogen) atoms. The van der Waals surface area contributed by atoms with Crippen LogP contribution in [0.2, 0.25) is 0 Å². The topological polar surface area (TPSA) is 66.4 Å². The Morgan fingerprint density at radius 1 is 1.39 bits per heavy atom. The third-order valence-corrected chi connectivity index (χ3v) is 4.69. The molecule has 1 aliphatic carbocycles. The van der Waals surface area contributed by atoms with Gasteiger partial charge in [-0.3, -0.25) is 9.59 Å². The summed E-state index contributed by atoms with van der Waals surface area (Å²) in [5.74, 6) is -0.0166. The first-order valence-electron chi connectivity index (χ1n) is 6.51. The van der Waals surface area contributed by atoms with Gasteiger partial charge in [-0.15, -0.1) is 0 Å². The van der Waals surface area contributed by atoms with Gasteiger partial charge < -0.3 is 10.4 Å². The van der Waals surface area contributed by atoms with Gasteiger partial charge in [0.15, 0.2) is 0 Å². The third kappa shape index (κ3) is 4.19. The van der Waals surface area contributed by atoms with Crippen molar-refractivity contribution < 1.29 is 14.7 Å². The molecule has 0 bridgehead atoms. The predicted octanol–water partition coefficient (Wildman–Crippen LogP) is 2.28. The molecular formula is C13H23NO3S. The number of hydrogen-bond acceptors (Lipinski definition) is 3. The minimum Gasteiger partial charge on any atom is -0.481 e. The van der Waals surface area contributed by atoms with Crippen LogP contribution in [0.1, 0.15) is 46.5 Å². The van der Waals surface area contributed by atoms with Gasteiger partial charge in [0.05, 0.1) is 5.41 Å². The second kappa shape index (κ2) is 6.45. The van der Waals surface area contributed by atoms with E-state index in [0.29, 0.717) is 5.25 Å². The van der Waals surface area contributed by atoms with Crippen molar-refractivity contribution in [3.05, 3.63) is 0 Å². The van der Waals surface area contributed by atoms with Crippen LogP contribution in [0.4, 0.5) is 0 Å². The van der Waals surface area contributed by atoms with Crippen molar-refractivity contribution >= 4 is 23.6 Å². The summed E-state index contributed by atoms with van der Waals surface area (Å²) in [7, 11) is 0. The highest BCUT2D eigenvalue weighted by atomic mass is 32.2. The van der Waals surface area contributed by atoms with Crippen molar-refractivity contribution in [3.8, 4) is 0 Å². The lowest BCUT2D eigenvalue weighted by molar-refractivity contribution is -0.149. The van der Waals surface area contributed by atoms with Gasteiger partial charge in [-0.1, -0.05) is 13.3 Å². The molecule has 0 aliphatic heterocycles. The first-order chi connectivity index (χ1) is 8.36. The fraction of sp³-hybridized carbons (Fsp3) is 0.846. The third-order valence-electron chi connectivity index (χ3n) is 3.36. The Kier molecular flexibility index (Phi) is 5.50. The summed E-state index contributed by atoms with van der Waals surface area (Å²) in [5, 5.41) is 12.5. The van der Waals surface area contributed by atoms with Crippen molar-refractivity contribution in [2.75, 3.05) is 5.75 Å². The fourth-order valence-electron chi connectivity index (χ4n) is 2.24. The van der Waals surface area contributed by atoms with Gasteiger partial charge in [0.25, 0.3) is 0 Å². The Morgan fingerprint density at radius 2 is 2.06 bits per heavy atom. The minimum absolute atomic E-state index is 0.0440.